The van der Waals surface area contributed by atoms with Crippen molar-refractivity contribution in [3.8, 4) is 11.5 Å². The molecule has 1 amide bonds. The first kappa shape index (κ1) is 18.5. The molecule has 1 heterocycles. The van der Waals surface area contributed by atoms with Gasteiger partial charge >= 0.3 is 0 Å². The van der Waals surface area contributed by atoms with Crippen molar-refractivity contribution in [2.24, 2.45) is 0 Å². The Balaban J connectivity index is 1.71. The molecule has 7 nitrogen and oxygen atoms in total. The van der Waals surface area contributed by atoms with Crippen LogP contribution in [0.5, 0.6) is 11.5 Å². The summed E-state index contributed by atoms with van der Waals surface area (Å²) < 4.78 is 33.1. The number of benzene rings is 1. The van der Waals surface area contributed by atoms with Gasteiger partial charge in [0, 0.05) is 12.6 Å². The van der Waals surface area contributed by atoms with Crippen LogP contribution in [0.15, 0.2) is 18.2 Å². The predicted octanol–water partition coefficient (Wildman–Crippen LogP) is 0.139. The van der Waals surface area contributed by atoms with Gasteiger partial charge in [0.1, 0.15) is 0 Å². The number of carbonyl (C=O) groups excluding carboxylic acids is 1. The first-order valence-corrected chi connectivity index (χ1v) is 9.67. The molecule has 1 aliphatic heterocycles. The van der Waals surface area contributed by atoms with E-state index in [1.54, 1.807) is 14.2 Å². The van der Waals surface area contributed by atoms with Crippen LogP contribution in [0.4, 0.5) is 0 Å². The second-order valence-corrected chi connectivity index (χ2v) is 8.00. The van der Waals surface area contributed by atoms with Crippen molar-refractivity contribution in [3.05, 3.63) is 23.8 Å². The fraction of sp³-hybridized carbons (Fsp3) is 0.562. The highest BCUT2D eigenvalue weighted by Crippen LogP contribution is 2.27. The molecular formula is C16H24N2O5S. The van der Waals surface area contributed by atoms with Gasteiger partial charge in [0.05, 0.1) is 32.3 Å². The zero-order chi connectivity index (χ0) is 17.6. The summed E-state index contributed by atoms with van der Waals surface area (Å²) in [4.78, 5) is 11.8. The highest BCUT2D eigenvalue weighted by Gasteiger charge is 2.27. The van der Waals surface area contributed by atoms with Gasteiger partial charge in [-0.1, -0.05) is 6.07 Å². The summed E-state index contributed by atoms with van der Waals surface area (Å²) in [5.74, 6) is 1.50. The van der Waals surface area contributed by atoms with Gasteiger partial charge in [0.2, 0.25) is 5.91 Å². The lowest BCUT2D eigenvalue weighted by molar-refractivity contribution is -0.120. The maximum Gasteiger partial charge on any atom is 0.233 e. The molecule has 0 aliphatic carbocycles. The molecule has 1 fully saturated rings. The van der Waals surface area contributed by atoms with E-state index in [0.29, 0.717) is 30.9 Å². The fourth-order valence-corrected chi connectivity index (χ4v) is 4.35. The van der Waals surface area contributed by atoms with Crippen molar-refractivity contribution >= 4 is 15.7 Å². The Labute approximate surface area is 142 Å². The van der Waals surface area contributed by atoms with Crippen molar-refractivity contribution in [1.82, 2.24) is 10.6 Å². The number of hydrogen-bond acceptors (Lipinski definition) is 6. The summed E-state index contributed by atoms with van der Waals surface area (Å²) in [6, 6.07) is 5.52. The molecule has 1 atom stereocenters. The Morgan fingerprint density at radius 3 is 2.62 bits per heavy atom. The van der Waals surface area contributed by atoms with Crippen molar-refractivity contribution in [3.63, 3.8) is 0 Å². The quantitative estimate of drug-likeness (QED) is 0.688. The molecule has 0 spiro atoms. The first-order chi connectivity index (χ1) is 11.4. The monoisotopic (exact) mass is 356 g/mol. The molecule has 2 N–H and O–H groups in total. The summed E-state index contributed by atoms with van der Waals surface area (Å²) in [6.45, 7) is 0.630. The van der Waals surface area contributed by atoms with Crippen LogP contribution < -0.4 is 20.1 Å². The molecule has 1 unspecified atom stereocenters. The lowest BCUT2D eigenvalue weighted by atomic mass is 10.1. The van der Waals surface area contributed by atoms with Gasteiger partial charge in [0.25, 0.3) is 0 Å². The number of ether oxygens (including phenoxy) is 2. The van der Waals surface area contributed by atoms with Gasteiger partial charge in [0.15, 0.2) is 21.3 Å². The van der Waals surface area contributed by atoms with Crippen LogP contribution in [0.1, 0.15) is 12.0 Å². The Kier molecular flexibility index (Phi) is 6.44. The van der Waals surface area contributed by atoms with Crippen molar-refractivity contribution in [2.75, 3.05) is 38.8 Å². The van der Waals surface area contributed by atoms with Crippen LogP contribution in [-0.4, -0.2) is 59.2 Å². The molecule has 0 saturated carbocycles. The molecule has 8 heteroatoms. The van der Waals surface area contributed by atoms with Gasteiger partial charge in [-0.2, -0.15) is 0 Å². The molecule has 0 bridgehead atoms. The van der Waals surface area contributed by atoms with Crippen molar-refractivity contribution in [2.45, 2.75) is 18.9 Å². The Morgan fingerprint density at radius 2 is 2.00 bits per heavy atom. The minimum absolute atomic E-state index is 0.117. The Morgan fingerprint density at radius 1 is 1.25 bits per heavy atom. The Bertz CT molecular complexity index is 675. The summed E-state index contributed by atoms with van der Waals surface area (Å²) in [5, 5.41) is 5.81. The highest BCUT2D eigenvalue weighted by atomic mass is 32.2. The van der Waals surface area contributed by atoms with E-state index in [4.69, 9.17) is 9.47 Å². The fourth-order valence-electron chi connectivity index (χ4n) is 2.64. The van der Waals surface area contributed by atoms with Crippen LogP contribution in [0.3, 0.4) is 0 Å². The molecule has 24 heavy (non-hydrogen) atoms. The third kappa shape index (κ3) is 5.38. The number of amides is 1. The smallest absolute Gasteiger partial charge is 0.233 e. The van der Waals surface area contributed by atoms with E-state index in [9.17, 15) is 13.2 Å². The minimum Gasteiger partial charge on any atom is -0.493 e. The van der Waals surface area contributed by atoms with Gasteiger partial charge in [-0.3, -0.25) is 4.79 Å². The molecule has 2 rings (SSSR count). The van der Waals surface area contributed by atoms with E-state index in [1.165, 1.54) is 0 Å². The van der Waals surface area contributed by atoms with Gasteiger partial charge < -0.3 is 20.1 Å². The second-order valence-electron chi connectivity index (χ2n) is 5.77. The first-order valence-electron chi connectivity index (χ1n) is 7.85. The van der Waals surface area contributed by atoms with E-state index in [0.717, 1.165) is 5.56 Å². The van der Waals surface area contributed by atoms with Crippen LogP contribution in [0, 0.1) is 0 Å². The Hall–Kier alpha value is -1.80. The summed E-state index contributed by atoms with van der Waals surface area (Å²) in [5.41, 5.74) is 1.03. The number of sulfone groups is 1. The molecule has 0 radical (unpaired) electrons. The molecule has 0 aromatic heterocycles. The standard InChI is InChI=1S/C16H24N2O5S/c1-22-14-4-3-12(9-15(14)23-2)5-7-17-16(19)10-18-13-6-8-24(20,21)11-13/h3-4,9,13,18H,5-8,10-11H2,1-2H3,(H,17,19). The second kappa shape index (κ2) is 8.34. The molecule has 1 aliphatic rings. The summed E-state index contributed by atoms with van der Waals surface area (Å²) in [7, 11) is 0.240. The third-order valence-electron chi connectivity index (χ3n) is 3.97. The average Bonchev–Trinajstić information content (AvgIpc) is 2.92. The average molecular weight is 356 g/mol. The van der Waals surface area contributed by atoms with Gasteiger partial charge in [-0.25, -0.2) is 8.42 Å². The lowest BCUT2D eigenvalue weighted by Gasteiger charge is -2.12. The zero-order valence-corrected chi connectivity index (χ0v) is 14.8. The third-order valence-corrected chi connectivity index (χ3v) is 5.74. The van der Waals surface area contributed by atoms with E-state index < -0.39 is 9.84 Å². The van der Waals surface area contributed by atoms with Gasteiger partial charge in [-0.05, 0) is 30.5 Å². The molecular weight excluding hydrogens is 332 g/mol. The van der Waals surface area contributed by atoms with Crippen LogP contribution in [-0.2, 0) is 21.1 Å². The maximum atomic E-state index is 11.8. The number of rotatable bonds is 8. The lowest BCUT2D eigenvalue weighted by Crippen LogP contribution is -2.40. The van der Waals surface area contributed by atoms with E-state index in [1.807, 2.05) is 18.2 Å². The largest absolute Gasteiger partial charge is 0.493 e. The van der Waals surface area contributed by atoms with E-state index in [2.05, 4.69) is 10.6 Å². The van der Waals surface area contributed by atoms with Crippen LogP contribution >= 0.6 is 0 Å². The SMILES string of the molecule is COc1ccc(CCNC(=O)CNC2CCS(=O)(=O)C2)cc1OC. The number of carbonyl (C=O) groups is 1. The number of hydrogen-bond donors (Lipinski definition) is 2. The number of nitrogens with one attached hydrogen (secondary N) is 2. The van der Waals surface area contributed by atoms with Crippen molar-refractivity contribution < 1.29 is 22.7 Å². The molecule has 1 aromatic rings. The minimum atomic E-state index is -2.93. The van der Waals surface area contributed by atoms with Crippen LogP contribution in [0.25, 0.3) is 0 Å². The maximum absolute atomic E-state index is 11.8. The van der Waals surface area contributed by atoms with Gasteiger partial charge in [-0.15, -0.1) is 0 Å². The predicted molar refractivity (Wildman–Crippen MR) is 91.3 cm³/mol. The van der Waals surface area contributed by atoms with E-state index in [-0.39, 0.29) is 30.0 Å². The number of methoxy groups -OCH3 is 2. The normalized spacial score (nSPS) is 19.0. The van der Waals surface area contributed by atoms with Crippen LogP contribution in [0.2, 0.25) is 0 Å². The molecule has 1 saturated heterocycles. The topological polar surface area (TPSA) is 93.7 Å². The van der Waals surface area contributed by atoms with Crippen molar-refractivity contribution in [1.29, 1.82) is 0 Å². The zero-order valence-electron chi connectivity index (χ0n) is 14.0. The summed E-state index contributed by atoms with van der Waals surface area (Å²) >= 11 is 0. The molecule has 134 valence electrons. The van der Waals surface area contributed by atoms with E-state index >= 15 is 0 Å². The molecule has 1 aromatic carbocycles. The highest BCUT2D eigenvalue weighted by molar-refractivity contribution is 7.91. The summed E-state index contributed by atoms with van der Waals surface area (Å²) in [6.07, 6.45) is 1.24.